The Hall–Kier alpha value is -0.610. The highest BCUT2D eigenvalue weighted by Gasteiger charge is 2.28. The smallest absolute Gasteiger partial charge is 0.316 e. The third kappa shape index (κ3) is 6.64. The first-order valence-electron chi connectivity index (χ1n) is 6.06. The first kappa shape index (κ1) is 16.4. The fraction of sp³-hybridized carbons (Fsp3) is 0.833. The first-order chi connectivity index (χ1) is 7.74. The van der Waals surface area contributed by atoms with Crippen LogP contribution in [0.2, 0.25) is 0 Å². The Bertz CT molecular complexity index is 243. The molecule has 0 aliphatic carbocycles. The quantitative estimate of drug-likeness (QED) is 0.338. The lowest BCUT2D eigenvalue weighted by Crippen LogP contribution is -3.00. The fourth-order valence-electron chi connectivity index (χ4n) is 1.70. The Labute approximate surface area is 108 Å². The van der Waals surface area contributed by atoms with Crippen LogP contribution in [-0.4, -0.2) is 25.2 Å². The lowest BCUT2D eigenvalue weighted by Gasteiger charge is -2.18. The van der Waals surface area contributed by atoms with Crippen LogP contribution in [0, 0.1) is 5.92 Å². The van der Waals surface area contributed by atoms with Crippen molar-refractivity contribution in [1.29, 1.82) is 0 Å². The molecule has 1 saturated heterocycles. The Morgan fingerprint density at radius 1 is 1.29 bits per heavy atom. The Morgan fingerprint density at radius 2 is 2.00 bits per heavy atom. The number of unbranched alkanes of at least 4 members (excludes halogenated alkanes) is 1. The van der Waals surface area contributed by atoms with Gasteiger partial charge in [0.05, 0.1) is 5.92 Å². The van der Waals surface area contributed by atoms with Gasteiger partial charge in [-0.15, -0.1) is 0 Å². The highest BCUT2D eigenvalue weighted by Crippen LogP contribution is 2.20. The van der Waals surface area contributed by atoms with Crippen LogP contribution in [0.5, 0.6) is 0 Å². The van der Waals surface area contributed by atoms with E-state index in [4.69, 9.17) is 4.74 Å². The van der Waals surface area contributed by atoms with E-state index in [9.17, 15) is 9.59 Å². The van der Waals surface area contributed by atoms with E-state index >= 15 is 0 Å². The molecule has 0 aromatic rings. The molecule has 0 N–H and O–H groups in total. The molecule has 4 nitrogen and oxygen atoms in total. The highest BCUT2D eigenvalue weighted by molar-refractivity contribution is 5.89. The lowest BCUT2D eigenvalue weighted by molar-refractivity contribution is -0.167. The van der Waals surface area contributed by atoms with Crippen molar-refractivity contribution in [3.8, 4) is 0 Å². The molecule has 0 bridgehead atoms. The number of cyclic esters (lactones) is 2. The Morgan fingerprint density at radius 3 is 2.65 bits per heavy atom. The van der Waals surface area contributed by atoms with Gasteiger partial charge in [0.15, 0.2) is 0 Å². The van der Waals surface area contributed by atoms with Crippen molar-refractivity contribution in [2.45, 2.75) is 45.4 Å². The summed E-state index contributed by atoms with van der Waals surface area (Å²) in [4.78, 5) is 22.1. The van der Waals surface area contributed by atoms with Gasteiger partial charge in [-0.25, -0.2) is 0 Å². The maximum Gasteiger partial charge on any atom is 0.316 e. The summed E-state index contributed by atoms with van der Waals surface area (Å²) in [7, 11) is 0. The molecule has 0 amide bonds. The Kier molecular flexibility index (Phi) is 9.09. The molecule has 0 radical (unpaired) electrons. The van der Waals surface area contributed by atoms with Crippen LogP contribution in [0.25, 0.3) is 0 Å². The number of ether oxygens (including phenoxy) is 2. The number of halogens is 1. The van der Waals surface area contributed by atoms with E-state index in [1.165, 1.54) is 0 Å². The molecule has 0 aromatic heterocycles. The molecular weight excluding hydrogens is 244 g/mol. The van der Waals surface area contributed by atoms with Crippen molar-refractivity contribution < 1.29 is 31.5 Å². The predicted molar refractivity (Wildman–Crippen MR) is 58.8 cm³/mol. The molecular formula is C12H20ClO4-. The molecule has 1 heterocycles. The topological polar surface area (TPSA) is 52.6 Å². The zero-order chi connectivity index (χ0) is 11.8. The molecule has 1 aliphatic heterocycles. The monoisotopic (exact) mass is 263 g/mol. The number of carbonyl (C=O) groups excluding carboxylic acids is 2. The molecule has 1 aliphatic rings. The highest BCUT2D eigenvalue weighted by atomic mass is 35.5. The first-order valence-corrected chi connectivity index (χ1v) is 6.06. The SMILES string of the molecule is CCCCOCCCC1CCC(=O)OC1=O.[Cl-]. The minimum absolute atomic E-state index is 0. The maximum absolute atomic E-state index is 11.3. The third-order valence-corrected chi connectivity index (χ3v) is 2.73. The van der Waals surface area contributed by atoms with E-state index in [0.717, 1.165) is 32.3 Å². The Balaban J connectivity index is 0.00000256. The van der Waals surface area contributed by atoms with Gasteiger partial charge in [-0.05, 0) is 25.7 Å². The van der Waals surface area contributed by atoms with Crippen LogP contribution < -0.4 is 12.4 Å². The van der Waals surface area contributed by atoms with E-state index in [-0.39, 0.29) is 30.3 Å². The molecule has 5 heteroatoms. The second kappa shape index (κ2) is 9.42. The minimum atomic E-state index is -0.388. The standard InChI is InChI=1S/C12H20O4.ClH/c1-2-3-8-15-9-4-5-10-6-7-11(13)16-12(10)14;/h10H,2-9H2,1H3;1H/p-1. The number of rotatable bonds is 7. The second-order valence-corrected chi connectivity index (χ2v) is 4.14. The van der Waals surface area contributed by atoms with Crippen LogP contribution in [0.4, 0.5) is 0 Å². The molecule has 1 atom stereocenters. The average molecular weight is 264 g/mol. The summed E-state index contributed by atoms with van der Waals surface area (Å²) in [5, 5.41) is 0. The van der Waals surface area contributed by atoms with Gasteiger partial charge in [-0.3, -0.25) is 9.59 Å². The number of esters is 2. The van der Waals surface area contributed by atoms with Crippen molar-refractivity contribution in [2.24, 2.45) is 5.92 Å². The maximum atomic E-state index is 11.3. The molecule has 100 valence electrons. The minimum Gasteiger partial charge on any atom is -1.00 e. The molecule has 0 aromatic carbocycles. The molecule has 0 saturated carbocycles. The van der Waals surface area contributed by atoms with Gasteiger partial charge >= 0.3 is 11.9 Å². The average Bonchev–Trinajstić information content (AvgIpc) is 2.26. The fourth-order valence-corrected chi connectivity index (χ4v) is 1.70. The van der Waals surface area contributed by atoms with Gasteiger partial charge in [0.2, 0.25) is 0 Å². The van der Waals surface area contributed by atoms with Crippen molar-refractivity contribution in [1.82, 2.24) is 0 Å². The van der Waals surface area contributed by atoms with Gasteiger partial charge in [0.25, 0.3) is 0 Å². The molecule has 1 fully saturated rings. The van der Waals surface area contributed by atoms with E-state index in [0.29, 0.717) is 19.4 Å². The number of hydrogen-bond donors (Lipinski definition) is 0. The molecule has 1 unspecified atom stereocenters. The van der Waals surface area contributed by atoms with E-state index in [1.807, 2.05) is 0 Å². The summed E-state index contributed by atoms with van der Waals surface area (Å²) in [5.74, 6) is -0.849. The summed E-state index contributed by atoms with van der Waals surface area (Å²) >= 11 is 0. The van der Waals surface area contributed by atoms with Crippen LogP contribution >= 0.6 is 0 Å². The van der Waals surface area contributed by atoms with Crippen LogP contribution in [0.1, 0.15) is 45.4 Å². The summed E-state index contributed by atoms with van der Waals surface area (Å²) in [6, 6.07) is 0. The predicted octanol–water partition coefficient (Wildman–Crippen LogP) is -0.933. The molecule has 0 spiro atoms. The largest absolute Gasteiger partial charge is 1.00 e. The van der Waals surface area contributed by atoms with E-state index < -0.39 is 0 Å². The van der Waals surface area contributed by atoms with Gasteiger partial charge in [-0.1, -0.05) is 13.3 Å². The van der Waals surface area contributed by atoms with Crippen molar-refractivity contribution >= 4 is 11.9 Å². The normalized spacial score (nSPS) is 19.7. The summed E-state index contributed by atoms with van der Waals surface area (Å²) < 4.78 is 9.98. The summed E-state index contributed by atoms with van der Waals surface area (Å²) in [6.45, 7) is 3.61. The summed E-state index contributed by atoms with van der Waals surface area (Å²) in [6.07, 6.45) is 4.84. The van der Waals surface area contributed by atoms with Crippen LogP contribution in [-0.2, 0) is 19.1 Å². The van der Waals surface area contributed by atoms with Gasteiger partial charge in [0, 0.05) is 19.6 Å². The van der Waals surface area contributed by atoms with Crippen LogP contribution in [0.15, 0.2) is 0 Å². The zero-order valence-corrected chi connectivity index (χ0v) is 11.0. The molecule has 1 rings (SSSR count). The van der Waals surface area contributed by atoms with Crippen LogP contribution in [0.3, 0.4) is 0 Å². The van der Waals surface area contributed by atoms with Crippen molar-refractivity contribution in [3.63, 3.8) is 0 Å². The molecule has 17 heavy (non-hydrogen) atoms. The van der Waals surface area contributed by atoms with Crippen molar-refractivity contribution in [3.05, 3.63) is 0 Å². The second-order valence-electron chi connectivity index (χ2n) is 4.14. The van der Waals surface area contributed by atoms with Gasteiger partial charge < -0.3 is 21.9 Å². The zero-order valence-electron chi connectivity index (χ0n) is 10.2. The summed E-state index contributed by atoms with van der Waals surface area (Å²) in [5.41, 5.74) is 0. The van der Waals surface area contributed by atoms with Crippen molar-refractivity contribution in [2.75, 3.05) is 13.2 Å². The third-order valence-electron chi connectivity index (χ3n) is 2.73. The van der Waals surface area contributed by atoms with Gasteiger partial charge in [0.1, 0.15) is 0 Å². The van der Waals surface area contributed by atoms with E-state index in [1.54, 1.807) is 0 Å². The van der Waals surface area contributed by atoms with Gasteiger partial charge in [-0.2, -0.15) is 0 Å². The van der Waals surface area contributed by atoms with E-state index in [2.05, 4.69) is 11.7 Å². The number of carbonyl (C=O) groups is 2. The lowest BCUT2D eigenvalue weighted by atomic mass is 9.96. The number of hydrogen-bond acceptors (Lipinski definition) is 4.